The van der Waals surface area contributed by atoms with Crippen molar-refractivity contribution in [3.63, 3.8) is 0 Å². The van der Waals surface area contributed by atoms with Gasteiger partial charge in [-0.25, -0.2) is 9.13 Å². The lowest BCUT2D eigenvalue weighted by Gasteiger charge is -2.21. The number of unbranched alkanes of at least 4 members (excludes halogenated alkanes) is 27. The van der Waals surface area contributed by atoms with Gasteiger partial charge >= 0.3 is 39.5 Å². The molecular weight excluding hydrogens is 1110 g/mol. The van der Waals surface area contributed by atoms with Gasteiger partial charge in [-0.3, -0.25) is 37.3 Å². The second-order valence-electron chi connectivity index (χ2n) is 25.2. The number of aliphatic hydroxyl groups excluding tert-OH is 1. The van der Waals surface area contributed by atoms with E-state index in [9.17, 15) is 43.2 Å². The van der Waals surface area contributed by atoms with Crippen LogP contribution in [0, 0.1) is 23.7 Å². The van der Waals surface area contributed by atoms with Crippen LogP contribution in [0.3, 0.4) is 0 Å². The summed E-state index contributed by atoms with van der Waals surface area (Å²) < 4.78 is 68.0. The number of esters is 4. The number of phosphoric ester groups is 2. The van der Waals surface area contributed by atoms with E-state index in [-0.39, 0.29) is 25.7 Å². The summed E-state index contributed by atoms with van der Waals surface area (Å²) in [6.07, 6.45) is 35.1. The van der Waals surface area contributed by atoms with Crippen molar-refractivity contribution in [2.45, 2.75) is 331 Å². The molecule has 0 fully saturated rings. The minimum Gasteiger partial charge on any atom is -0.462 e. The Morgan fingerprint density at radius 2 is 0.571 bits per heavy atom. The second-order valence-corrected chi connectivity index (χ2v) is 28.1. The molecule has 0 saturated carbocycles. The standard InChI is InChI=1S/C65H126O17P2/c1-9-58(8)44-36-28-22-24-32-40-48-65(70)82-61(51-75-62(67)45-37-29-19-15-13-11-10-12-14-17-25-33-41-55(2)3)54-80-84(73,74)78-50-59(66)49-77-83(71,72)79-53-60(52-76-63(68)46-38-30-23-21-27-35-43-57(6)7)81-64(69)47-39-31-20-16-18-26-34-42-56(4)5/h55-61,66H,9-54H2,1-8H3,(H,71,72)(H,73,74)/t58?,59-,60+,61+/m0/s1. The quantitative estimate of drug-likeness (QED) is 0.0222. The Bertz CT molecular complexity index is 1680. The largest absolute Gasteiger partial charge is 0.472 e. The average molecular weight is 1240 g/mol. The van der Waals surface area contributed by atoms with Crippen LogP contribution in [0.4, 0.5) is 0 Å². The van der Waals surface area contributed by atoms with Crippen LogP contribution in [0.2, 0.25) is 0 Å². The van der Waals surface area contributed by atoms with Crippen molar-refractivity contribution in [3.8, 4) is 0 Å². The predicted octanol–water partition coefficient (Wildman–Crippen LogP) is 17.8. The Morgan fingerprint density at radius 3 is 0.845 bits per heavy atom. The molecule has 0 heterocycles. The topological polar surface area (TPSA) is 237 Å². The van der Waals surface area contributed by atoms with E-state index in [1.165, 1.54) is 109 Å². The van der Waals surface area contributed by atoms with Gasteiger partial charge < -0.3 is 33.8 Å². The van der Waals surface area contributed by atoms with Crippen molar-refractivity contribution in [1.82, 2.24) is 0 Å². The SMILES string of the molecule is CCC(C)CCCCCCCCC(=O)O[C@H](COC(=O)CCCCCCCCCCCCCCC(C)C)COP(=O)(O)OC[C@@H](O)COP(=O)(O)OC[C@@H](COC(=O)CCCCCCCCC(C)C)OC(=O)CCCCCCCCCC(C)C. The first-order chi connectivity index (χ1) is 40.1. The van der Waals surface area contributed by atoms with Crippen LogP contribution in [-0.4, -0.2) is 96.7 Å². The Kier molecular flexibility index (Phi) is 53.9. The predicted molar refractivity (Wildman–Crippen MR) is 335 cm³/mol. The highest BCUT2D eigenvalue weighted by atomic mass is 31.2. The first-order valence-corrected chi connectivity index (χ1v) is 36.7. The molecule has 19 heteroatoms. The average Bonchev–Trinajstić information content (AvgIpc) is 3.48. The normalized spacial score (nSPS) is 14.7. The third kappa shape index (κ3) is 57.8. The first kappa shape index (κ1) is 82.1. The van der Waals surface area contributed by atoms with E-state index in [0.717, 1.165) is 108 Å². The lowest BCUT2D eigenvalue weighted by molar-refractivity contribution is -0.161. The first-order valence-electron chi connectivity index (χ1n) is 33.7. The highest BCUT2D eigenvalue weighted by Crippen LogP contribution is 2.45. The molecule has 0 aromatic carbocycles. The smallest absolute Gasteiger partial charge is 0.462 e. The fraction of sp³-hybridized carbons (Fsp3) is 0.938. The summed E-state index contributed by atoms with van der Waals surface area (Å²) in [7, 11) is -9.89. The van der Waals surface area contributed by atoms with Crippen molar-refractivity contribution < 1.29 is 80.2 Å². The van der Waals surface area contributed by atoms with Crippen LogP contribution in [0.25, 0.3) is 0 Å². The molecule has 0 aromatic rings. The molecule has 0 rings (SSSR count). The molecule has 0 aliphatic rings. The number of carbonyl (C=O) groups excluding carboxylic acids is 4. The third-order valence-corrected chi connectivity index (χ3v) is 17.1. The summed E-state index contributed by atoms with van der Waals surface area (Å²) in [5.41, 5.74) is 0. The van der Waals surface area contributed by atoms with Crippen LogP contribution in [-0.2, 0) is 65.4 Å². The van der Waals surface area contributed by atoms with Gasteiger partial charge in [0.25, 0.3) is 0 Å². The van der Waals surface area contributed by atoms with Crippen LogP contribution in [0.1, 0.15) is 312 Å². The number of phosphoric acid groups is 2. The molecule has 3 unspecified atom stereocenters. The summed E-state index contributed by atoms with van der Waals surface area (Å²) in [5, 5.41) is 10.5. The number of rotatable bonds is 62. The summed E-state index contributed by atoms with van der Waals surface area (Å²) in [4.78, 5) is 72.2. The molecular formula is C65H126O17P2. The minimum absolute atomic E-state index is 0.102. The molecule has 0 aromatic heterocycles. The molecule has 0 amide bonds. The van der Waals surface area contributed by atoms with Crippen LogP contribution >= 0.6 is 15.6 Å². The molecule has 0 saturated heterocycles. The fourth-order valence-electron chi connectivity index (χ4n) is 9.57. The Hall–Kier alpha value is -1.94. The number of hydrogen-bond acceptors (Lipinski definition) is 15. The van der Waals surface area contributed by atoms with Crippen molar-refractivity contribution in [1.29, 1.82) is 0 Å². The molecule has 498 valence electrons. The number of ether oxygens (including phenoxy) is 4. The van der Waals surface area contributed by atoms with E-state index < -0.39 is 97.5 Å². The fourth-order valence-corrected chi connectivity index (χ4v) is 11.2. The van der Waals surface area contributed by atoms with Crippen LogP contribution < -0.4 is 0 Å². The summed E-state index contributed by atoms with van der Waals surface area (Å²) >= 11 is 0. The van der Waals surface area contributed by atoms with Crippen LogP contribution in [0.15, 0.2) is 0 Å². The summed E-state index contributed by atoms with van der Waals surface area (Å²) in [6.45, 7) is 13.9. The van der Waals surface area contributed by atoms with Gasteiger partial charge in [0, 0.05) is 25.7 Å². The Morgan fingerprint density at radius 1 is 0.333 bits per heavy atom. The lowest BCUT2D eigenvalue weighted by atomic mass is 10.00. The summed E-state index contributed by atoms with van der Waals surface area (Å²) in [5.74, 6) is 0.734. The second kappa shape index (κ2) is 55.2. The highest BCUT2D eigenvalue weighted by molar-refractivity contribution is 7.47. The molecule has 6 atom stereocenters. The van der Waals surface area contributed by atoms with Gasteiger partial charge in [0.2, 0.25) is 0 Å². The molecule has 3 N–H and O–H groups in total. The van der Waals surface area contributed by atoms with Gasteiger partial charge in [-0.2, -0.15) is 0 Å². The van der Waals surface area contributed by atoms with E-state index in [4.69, 9.17) is 37.0 Å². The molecule has 0 aliphatic carbocycles. The molecule has 0 spiro atoms. The highest BCUT2D eigenvalue weighted by Gasteiger charge is 2.30. The van der Waals surface area contributed by atoms with E-state index in [2.05, 4.69) is 55.4 Å². The molecule has 0 radical (unpaired) electrons. The van der Waals surface area contributed by atoms with Crippen molar-refractivity contribution in [2.24, 2.45) is 23.7 Å². The monoisotopic (exact) mass is 1240 g/mol. The lowest BCUT2D eigenvalue weighted by Crippen LogP contribution is -2.30. The maximum absolute atomic E-state index is 13.0. The maximum atomic E-state index is 13.0. The van der Waals surface area contributed by atoms with Crippen LogP contribution in [0.5, 0.6) is 0 Å². The van der Waals surface area contributed by atoms with Gasteiger partial charge in [0.05, 0.1) is 26.4 Å². The zero-order valence-corrected chi connectivity index (χ0v) is 56.3. The van der Waals surface area contributed by atoms with Gasteiger partial charge in [0.1, 0.15) is 19.3 Å². The van der Waals surface area contributed by atoms with E-state index in [1.807, 2.05) is 0 Å². The van der Waals surface area contributed by atoms with E-state index in [1.54, 1.807) is 0 Å². The third-order valence-electron chi connectivity index (χ3n) is 15.2. The molecule has 0 aliphatic heterocycles. The molecule has 84 heavy (non-hydrogen) atoms. The van der Waals surface area contributed by atoms with Gasteiger partial charge in [0.15, 0.2) is 12.2 Å². The van der Waals surface area contributed by atoms with Gasteiger partial charge in [-0.1, -0.05) is 261 Å². The van der Waals surface area contributed by atoms with Gasteiger partial charge in [-0.05, 0) is 49.4 Å². The Labute approximate surface area is 511 Å². The summed E-state index contributed by atoms with van der Waals surface area (Å²) in [6, 6.07) is 0. The number of carbonyl (C=O) groups is 4. The molecule has 0 bridgehead atoms. The van der Waals surface area contributed by atoms with Crippen molar-refractivity contribution in [3.05, 3.63) is 0 Å². The van der Waals surface area contributed by atoms with Gasteiger partial charge in [-0.15, -0.1) is 0 Å². The zero-order valence-electron chi connectivity index (χ0n) is 54.5. The molecule has 17 nitrogen and oxygen atoms in total. The van der Waals surface area contributed by atoms with Crippen molar-refractivity contribution in [2.75, 3.05) is 39.6 Å². The zero-order chi connectivity index (χ0) is 62.5. The minimum atomic E-state index is -4.95. The van der Waals surface area contributed by atoms with Crippen molar-refractivity contribution >= 4 is 39.5 Å². The Balaban J connectivity index is 5.22. The van der Waals surface area contributed by atoms with E-state index >= 15 is 0 Å². The van der Waals surface area contributed by atoms with E-state index in [0.29, 0.717) is 37.5 Å². The maximum Gasteiger partial charge on any atom is 0.472 e. The number of aliphatic hydroxyl groups is 1. The number of hydrogen-bond donors (Lipinski definition) is 3.